The summed E-state index contributed by atoms with van der Waals surface area (Å²) in [5.41, 5.74) is 6.38. The number of benzene rings is 3. The van der Waals surface area contributed by atoms with E-state index in [0.29, 0.717) is 24.9 Å². The van der Waals surface area contributed by atoms with Crippen molar-refractivity contribution in [3.63, 3.8) is 0 Å². The Morgan fingerprint density at radius 1 is 0.839 bits per heavy atom. The first kappa shape index (κ1) is 22.7. The summed E-state index contributed by atoms with van der Waals surface area (Å²) in [6, 6.07) is 24.4. The van der Waals surface area contributed by atoms with Crippen LogP contribution >= 0.6 is 12.4 Å². The quantitative estimate of drug-likeness (QED) is 0.413. The highest BCUT2D eigenvalue weighted by atomic mass is 35.5. The van der Waals surface area contributed by atoms with Crippen molar-refractivity contribution in [2.24, 2.45) is 0 Å². The molecule has 4 rings (SSSR count). The van der Waals surface area contributed by atoms with Gasteiger partial charge in [0, 0.05) is 24.2 Å². The van der Waals surface area contributed by atoms with E-state index >= 15 is 0 Å². The van der Waals surface area contributed by atoms with Crippen LogP contribution in [0.3, 0.4) is 0 Å². The molecule has 0 spiro atoms. The van der Waals surface area contributed by atoms with Gasteiger partial charge in [-0.25, -0.2) is 0 Å². The van der Waals surface area contributed by atoms with E-state index in [4.69, 9.17) is 4.42 Å². The van der Waals surface area contributed by atoms with Crippen molar-refractivity contribution in [1.29, 1.82) is 0 Å². The van der Waals surface area contributed by atoms with Gasteiger partial charge in [-0.15, -0.1) is 22.6 Å². The van der Waals surface area contributed by atoms with Gasteiger partial charge in [0.15, 0.2) is 0 Å². The number of aromatic nitrogens is 2. The molecule has 1 aromatic heterocycles. The Labute approximate surface area is 188 Å². The highest BCUT2D eigenvalue weighted by Gasteiger charge is 2.15. The number of hydrogen-bond donors (Lipinski definition) is 2. The lowest BCUT2D eigenvalue weighted by atomic mass is 9.96. The molecule has 3 aromatic carbocycles. The smallest absolute Gasteiger partial charge is 0.248 e. The molecule has 5 nitrogen and oxygen atoms in total. The molecule has 1 atom stereocenters. The monoisotopic (exact) mass is 435 g/mol. The molecule has 0 aliphatic rings. The third kappa shape index (κ3) is 5.39. The molecule has 0 fully saturated rings. The van der Waals surface area contributed by atoms with Crippen molar-refractivity contribution in [1.82, 2.24) is 15.5 Å². The number of aliphatic hydroxyl groups is 1. The second kappa shape index (κ2) is 10.4. The first-order valence-corrected chi connectivity index (χ1v) is 10.1. The van der Waals surface area contributed by atoms with Gasteiger partial charge in [-0.3, -0.25) is 0 Å². The van der Waals surface area contributed by atoms with E-state index < -0.39 is 0 Å². The van der Waals surface area contributed by atoms with Crippen molar-refractivity contribution in [2.75, 3.05) is 6.54 Å². The Morgan fingerprint density at radius 3 is 2.23 bits per heavy atom. The van der Waals surface area contributed by atoms with E-state index in [-0.39, 0.29) is 18.5 Å². The third-order valence-electron chi connectivity index (χ3n) is 5.04. The van der Waals surface area contributed by atoms with Gasteiger partial charge >= 0.3 is 0 Å². The molecule has 0 aliphatic carbocycles. The maximum absolute atomic E-state index is 9.33. The van der Waals surface area contributed by atoms with Gasteiger partial charge in [-0.05, 0) is 54.3 Å². The molecular weight excluding hydrogens is 410 g/mol. The Bertz CT molecular complexity index is 1110. The zero-order valence-corrected chi connectivity index (χ0v) is 18.4. The first-order chi connectivity index (χ1) is 14.6. The first-order valence-electron chi connectivity index (χ1n) is 10.1. The largest absolute Gasteiger partial charge is 0.416 e. The number of nitrogens with one attached hydrogen (secondary N) is 1. The van der Waals surface area contributed by atoms with Crippen molar-refractivity contribution in [3.8, 4) is 34.0 Å². The molecule has 1 heterocycles. The number of halogens is 1. The Balaban J connectivity index is 0.00000272. The minimum Gasteiger partial charge on any atom is -0.416 e. The molecule has 160 valence electrons. The highest BCUT2D eigenvalue weighted by molar-refractivity contribution is 5.85. The summed E-state index contributed by atoms with van der Waals surface area (Å²) in [7, 11) is 0. The maximum Gasteiger partial charge on any atom is 0.248 e. The Morgan fingerprint density at radius 2 is 1.52 bits per heavy atom. The lowest BCUT2D eigenvalue weighted by Crippen LogP contribution is -2.23. The van der Waals surface area contributed by atoms with E-state index in [9.17, 15) is 5.11 Å². The van der Waals surface area contributed by atoms with Gasteiger partial charge in [0.2, 0.25) is 11.8 Å². The molecule has 0 saturated heterocycles. The molecule has 0 amide bonds. The van der Waals surface area contributed by atoms with Gasteiger partial charge in [-0.2, -0.15) is 0 Å². The van der Waals surface area contributed by atoms with E-state index in [1.807, 2.05) is 54.6 Å². The van der Waals surface area contributed by atoms with Crippen LogP contribution in [-0.2, 0) is 6.54 Å². The Kier molecular flexibility index (Phi) is 7.58. The van der Waals surface area contributed by atoms with Gasteiger partial charge < -0.3 is 14.8 Å². The van der Waals surface area contributed by atoms with Crippen LogP contribution in [0.15, 0.2) is 77.2 Å². The second-order valence-corrected chi connectivity index (χ2v) is 7.43. The van der Waals surface area contributed by atoms with Crippen molar-refractivity contribution >= 4 is 12.4 Å². The third-order valence-corrected chi connectivity index (χ3v) is 5.04. The highest BCUT2D eigenvalue weighted by Crippen LogP contribution is 2.32. The molecule has 0 radical (unpaired) electrons. The fraction of sp³-hybridized carbons (Fsp3) is 0.200. The van der Waals surface area contributed by atoms with Crippen LogP contribution in [0.2, 0.25) is 0 Å². The molecule has 0 unspecified atom stereocenters. The van der Waals surface area contributed by atoms with Gasteiger partial charge in [0.1, 0.15) is 0 Å². The van der Waals surface area contributed by atoms with Crippen LogP contribution in [0.1, 0.15) is 18.1 Å². The van der Waals surface area contributed by atoms with Crippen LogP contribution in [0.25, 0.3) is 34.0 Å². The molecule has 0 saturated carbocycles. The zero-order valence-electron chi connectivity index (χ0n) is 17.6. The molecule has 0 aliphatic heterocycles. The zero-order chi connectivity index (χ0) is 20.9. The van der Waals surface area contributed by atoms with E-state index in [0.717, 1.165) is 33.4 Å². The van der Waals surface area contributed by atoms with Crippen LogP contribution in [0.5, 0.6) is 0 Å². The predicted octanol–water partition coefficient (Wildman–Crippen LogP) is 5.27. The summed E-state index contributed by atoms with van der Waals surface area (Å²) in [5, 5.41) is 21.1. The van der Waals surface area contributed by atoms with Crippen LogP contribution in [0, 0.1) is 6.92 Å². The van der Waals surface area contributed by atoms with Gasteiger partial charge in [0.05, 0.1) is 6.10 Å². The number of aliphatic hydroxyl groups excluding tert-OH is 1. The van der Waals surface area contributed by atoms with Crippen molar-refractivity contribution in [2.45, 2.75) is 26.5 Å². The van der Waals surface area contributed by atoms with E-state index in [1.165, 1.54) is 0 Å². The normalized spacial score (nSPS) is 11.7. The predicted molar refractivity (Wildman–Crippen MR) is 126 cm³/mol. The molecule has 2 N–H and O–H groups in total. The topological polar surface area (TPSA) is 71.2 Å². The molecule has 6 heteroatoms. The minimum absolute atomic E-state index is 0. The van der Waals surface area contributed by atoms with E-state index in [1.54, 1.807) is 6.92 Å². The minimum atomic E-state index is -0.357. The fourth-order valence-corrected chi connectivity index (χ4v) is 3.44. The summed E-state index contributed by atoms with van der Waals surface area (Å²) in [6.07, 6.45) is -0.357. The summed E-state index contributed by atoms with van der Waals surface area (Å²) < 4.78 is 6.01. The Hall–Kier alpha value is -2.99. The fourth-order valence-electron chi connectivity index (χ4n) is 3.44. The number of rotatable bonds is 7. The van der Waals surface area contributed by atoms with E-state index in [2.05, 4.69) is 40.6 Å². The number of nitrogens with zero attached hydrogens (tertiary/aromatic N) is 2. The lowest BCUT2D eigenvalue weighted by Gasteiger charge is -2.09. The van der Waals surface area contributed by atoms with Crippen LogP contribution in [0.4, 0.5) is 0 Å². The number of hydrogen-bond acceptors (Lipinski definition) is 5. The van der Waals surface area contributed by atoms with Crippen molar-refractivity contribution < 1.29 is 9.52 Å². The average Bonchev–Trinajstić information content (AvgIpc) is 3.25. The van der Waals surface area contributed by atoms with Crippen LogP contribution in [-0.4, -0.2) is 28.0 Å². The molecule has 31 heavy (non-hydrogen) atoms. The van der Waals surface area contributed by atoms with Crippen molar-refractivity contribution in [3.05, 3.63) is 83.9 Å². The van der Waals surface area contributed by atoms with Gasteiger partial charge in [0.25, 0.3) is 0 Å². The second-order valence-electron chi connectivity index (χ2n) is 7.43. The standard InChI is InChI=1S/C25H25N3O2.ClH/c1-17(29)15-26-16-19-11-13-21(14-12-19)24-27-28-25(30-24)23-10-6-9-22(18(23)2)20-7-4-3-5-8-20;/h3-14,17,26,29H,15-16H2,1-2H3;1H/t17-;/m1./s1. The summed E-state index contributed by atoms with van der Waals surface area (Å²) in [4.78, 5) is 0. The maximum atomic E-state index is 9.33. The summed E-state index contributed by atoms with van der Waals surface area (Å²) >= 11 is 0. The average molecular weight is 436 g/mol. The summed E-state index contributed by atoms with van der Waals surface area (Å²) in [5.74, 6) is 1.01. The van der Waals surface area contributed by atoms with Crippen LogP contribution < -0.4 is 5.32 Å². The SMILES string of the molecule is Cc1c(-c2ccccc2)cccc1-c1nnc(-c2ccc(CNC[C@@H](C)O)cc2)o1.Cl. The lowest BCUT2D eigenvalue weighted by molar-refractivity contribution is 0.191. The summed E-state index contributed by atoms with van der Waals surface area (Å²) in [6.45, 7) is 5.11. The van der Waals surface area contributed by atoms with Gasteiger partial charge in [-0.1, -0.05) is 54.6 Å². The molecule has 0 bridgehead atoms. The molecular formula is C25H26ClN3O2. The molecule has 4 aromatic rings.